The van der Waals surface area contributed by atoms with Gasteiger partial charge in [-0.15, -0.1) is 0 Å². The molecule has 102 valence electrons. The molecular formula is C12H15N3O4. The van der Waals surface area contributed by atoms with Crippen LogP contribution < -0.4 is 11.1 Å². The summed E-state index contributed by atoms with van der Waals surface area (Å²) >= 11 is 0. The number of hydrogen-bond acceptors (Lipinski definition) is 5. The maximum atomic E-state index is 12.2. The second-order valence-corrected chi connectivity index (χ2v) is 4.80. The van der Waals surface area contributed by atoms with E-state index in [1.54, 1.807) is 13.0 Å². The molecule has 1 saturated heterocycles. The quantitative estimate of drug-likeness (QED) is 0.623. The number of nitrogens with zero attached hydrogens (tertiary/aromatic N) is 1. The highest BCUT2D eigenvalue weighted by atomic mass is 16.6. The van der Waals surface area contributed by atoms with Crippen molar-refractivity contribution in [3.05, 3.63) is 34.4 Å². The van der Waals surface area contributed by atoms with Gasteiger partial charge in [0.15, 0.2) is 0 Å². The molecule has 3 N–H and O–H groups in total. The van der Waals surface area contributed by atoms with Gasteiger partial charge in [0.25, 0.3) is 5.69 Å². The van der Waals surface area contributed by atoms with Gasteiger partial charge in [-0.1, -0.05) is 6.07 Å². The Morgan fingerprint density at radius 2 is 2.37 bits per heavy atom. The zero-order valence-corrected chi connectivity index (χ0v) is 10.5. The number of carbonyl (C=O) groups is 1. The monoisotopic (exact) mass is 265 g/mol. The first-order valence-corrected chi connectivity index (χ1v) is 5.83. The van der Waals surface area contributed by atoms with Crippen LogP contribution in [0.1, 0.15) is 6.92 Å². The zero-order valence-electron chi connectivity index (χ0n) is 10.5. The van der Waals surface area contributed by atoms with Gasteiger partial charge in [0.2, 0.25) is 5.91 Å². The number of carbonyl (C=O) groups excluding carboxylic acids is 1. The Balaban J connectivity index is 2.15. The van der Waals surface area contributed by atoms with E-state index in [0.717, 1.165) is 0 Å². The number of nitro benzene ring substituents is 1. The number of hydrogen-bond donors (Lipinski definition) is 2. The largest absolute Gasteiger partial charge is 0.379 e. The predicted molar refractivity (Wildman–Crippen MR) is 68.6 cm³/mol. The minimum absolute atomic E-state index is 0.0741. The molecule has 1 aromatic carbocycles. The van der Waals surface area contributed by atoms with Crippen molar-refractivity contribution in [3.8, 4) is 0 Å². The van der Waals surface area contributed by atoms with Crippen molar-refractivity contribution in [1.29, 1.82) is 0 Å². The summed E-state index contributed by atoms with van der Waals surface area (Å²) in [6, 6.07) is 5.40. The molecule has 1 amide bonds. The van der Waals surface area contributed by atoms with Crippen LogP contribution in [0.2, 0.25) is 0 Å². The van der Waals surface area contributed by atoms with Gasteiger partial charge < -0.3 is 15.8 Å². The topological polar surface area (TPSA) is 107 Å². The van der Waals surface area contributed by atoms with Crippen molar-refractivity contribution in [2.75, 3.05) is 18.5 Å². The molecule has 0 aliphatic carbocycles. The summed E-state index contributed by atoms with van der Waals surface area (Å²) in [5.41, 5.74) is 5.34. The number of nitro groups is 1. The lowest BCUT2D eigenvalue weighted by molar-refractivity contribution is -0.384. The molecule has 1 aromatic rings. The molecule has 1 heterocycles. The summed E-state index contributed by atoms with van der Waals surface area (Å²) < 4.78 is 5.20. The molecule has 2 unspecified atom stereocenters. The van der Waals surface area contributed by atoms with Gasteiger partial charge >= 0.3 is 0 Å². The molecule has 0 spiro atoms. The fourth-order valence-electron chi connectivity index (χ4n) is 1.89. The van der Waals surface area contributed by atoms with Crippen LogP contribution >= 0.6 is 0 Å². The van der Waals surface area contributed by atoms with E-state index in [0.29, 0.717) is 12.3 Å². The van der Waals surface area contributed by atoms with Gasteiger partial charge in [-0.2, -0.15) is 0 Å². The van der Waals surface area contributed by atoms with Gasteiger partial charge in [-0.05, 0) is 13.0 Å². The van der Waals surface area contributed by atoms with Crippen molar-refractivity contribution in [3.63, 3.8) is 0 Å². The molecule has 1 aliphatic heterocycles. The van der Waals surface area contributed by atoms with Crippen LogP contribution in [0.5, 0.6) is 0 Å². The standard InChI is InChI=1S/C12H15N3O4/c1-12(7-19-6-10(12)13)11(16)14-8-3-2-4-9(5-8)15(17)18/h2-5,10H,6-7,13H2,1H3,(H,14,16). The number of rotatable bonds is 3. The smallest absolute Gasteiger partial charge is 0.271 e. The Kier molecular flexibility index (Phi) is 3.50. The van der Waals surface area contributed by atoms with Crippen molar-refractivity contribution < 1.29 is 14.5 Å². The molecule has 1 aliphatic rings. The van der Waals surface area contributed by atoms with Crippen LogP contribution in [0, 0.1) is 15.5 Å². The third-order valence-electron chi connectivity index (χ3n) is 3.35. The Morgan fingerprint density at radius 1 is 1.63 bits per heavy atom. The van der Waals surface area contributed by atoms with E-state index in [-0.39, 0.29) is 24.2 Å². The van der Waals surface area contributed by atoms with Crippen molar-refractivity contribution in [1.82, 2.24) is 0 Å². The number of benzene rings is 1. The molecule has 19 heavy (non-hydrogen) atoms. The average Bonchev–Trinajstić information content (AvgIpc) is 2.71. The fraction of sp³-hybridized carbons (Fsp3) is 0.417. The summed E-state index contributed by atoms with van der Waals surface area (Å²) in [7, 11) is 0. The molecule has 7 nitrogen and oxygen atoms in total. The molecule has 0 radical (unpaired) electrons. The average molecular weight is 265 g/mol. The van der Waals surface area contributed by atoms with E-state index in [9.17, 15) is 14.9 Å². The first kappa shape index (κ1) is 13.4. The minimum atomic E-state index is -0.815. The molecular weight excluding hydrogens is 250 g/mol. The fourth-order valence-corrected chi connectivity index (χ4v) is 1.89. The van der Waals surface area contributed by atoms with Crippen LogP contribution in [0.4, 0.5) is 11.4 Å². The lowest BCUT2D eigenvalue weighted by atomic mass is 9.85. The van der Waals surface area contributed by atoms with Crippen LogP contribution in [-0.2, 0) is 9.53 Å². The lowest BCUT2D eigenvalue weighted by Crippen LogP contribution is -2.47. The Morgan fingerprint density at radius 3 is 2.95 bits per heavy atom. The minimum Gasteiger partial charge on any atom is -0.379 e. The van der Waals surface area contributed by atoms with E-state index in [1.165, 1.54) is 18.2 Å². The summed E-state index contributed by atoms with van der Waals surface area (Å²) in [6.45, 7) is 2.30. The Hall–Kier alpha value is -1.99. The first-order valence-electron chi connectivity index (χ1n) is 5.83. The predicted octanol–water partition coefficient (Wildman–Crippen LogP) is 0.897. The second-order valence-electron chi connectivity index (χ2n) is 4.80. The van der Waals surface area contributed by atoms with E-state index < -0.39 is 10.3 Å². The molecule has 0 bridgehead atoms. The summed E-state index contributed by atoms with van der Waals surface area (Å²) in [5.74, 6) is -0.294. The van der Waals surface area contributed by atoms with E-state index >= 15 is 0 Å². The summed E-state index contributed by atoms with van der Waals surface area (Å²) in [6.07, 6.45) is 0. The highest BCUT2D eigenvalue weighted by Gasteiger charge is 2.44. The van der Waals surface area contributed by atoms with E-state index in [4.69, 9.17) is 10.5 Å². The number of nitrogens with two attached hydrogens (primary N) is 1. The van der Waals surface area contributed by atoms with Crippen LogP contribution in [0.15, 0.2) is 24.3 Å². The van der Waals surface area contributed by atoms with Crippen LogP contribution in [-0.4, -0.2) is 30.1 Å². The highest BCUT2D eigenvalue weighted by Crippen LogP contribution is 2.29. The number of amides is 1. The van der Waals surface area contributed by atoms with Gasteiger partial charge in [0, 0.05) is 23.9 Å². The summed E-state index contributed by atoms with van der Waals surface area (Å²) in [4.78, 5) is 22.3. The third-order valence-corrected chi connectivity index (χ3v) is 3.35. The van der Waals surface area contributed by atoms with Gasteiger partial charge in [-0.3, -0.25) is 14.9 Å². The normalized spacial score (nSPS) is 26.1. The number of ether oxygens (including phenoxy) is 1. The zero-order chi connectivity index (χ0) is 14.0. The third kappa shape index (κ3) is 2.56. The van der Waals surface area contributed by atoms with Crippen molar-refractivity contribution in [2.24, 2.45) is 11.1 Å². The van der Waals surface area contributed by atoms with Gasteiger partial charge in [0.05, 0.1) is 23.6 Å². The Bertz CT molecular complexity index is 519. The van der Waals surface area contributed by atoms with Crippen LogP contribution in [0.3, 0.4) is 0 Å². The Labute approximate surface area is 109 Å². The number of nitrogens with one attached hydrogen (secondary N) is 1. The van der Waals surface area contributed by atoms with Crippen LogP contribution in [0.25, 0.3) is 0 Å². The van der Waals surface area contributed by atoms with Gasteiger partial charge in [-0.25, -0.2) is 0 Å². The molecule has 0 aromatic heterocycles. The maximum Gasteiger partial charge on any atom is 0.271 e. The van der Waals surface area contributed by atoms with Crippen molar-refractivity contribution >= 4 is 17.3 Å². The highest BCUT2D eigenvalue weighted by molar-refractivity contribution is 5.96. The van der Waals surface area contributed by atoms with Gasteiger partial charge in [0.1, 0.15) is 0 Å². The molecule has 2 rings (SSSR count). The number of non-ortho nitro benzene ring substituents is 1. The number of anilines is 1. The molecule has 0 saturated carbocycles. The first-order chi connectivity index (χ1) is 8.93. The maximum absolute atomic E-state index is 12.2. The van der Waals surface area contributed by atoms with E-state index in [1.807, 2.05) is 0 Å². The summed E-state index contributed by atoms with van der Waals surface area (Å²) in [5, 5.41) is 13.3. The van der Waals surface area contributed by atoms with E-state index in [2.05, 4.69) is 5.32 Å². The second kappa shape index (κ2) is 4.94. The SMILES string of the molecule is CC1(C(=O)Nc2cccc([N+](=O)[O-])c2)COCC1N. The molecule has 1 fully saturated rings. The molecule has 7 heteroatoms. The van der Waals surface area contributed by atoms with Crippen molar-refractivity contribution in [2.45, 2.75) is 13.0 Å². The lowest BCUT2D eigenvalue weighted by Gasteiger charge is -2.25. The molecule has 2 atom stereocenters.